The van der Waals surface area contributed by atoms with E-state index in [0.29, 0.717) is 5.92 Å². The normalized spacial score (nSPS) is 25.6. The zero-order valence-electron chi connectivity index (χ0n) is 13.1. The van der Waals surface area contributed by atoms with Crippen molar-refractivity contribution in [1.82, 2.24) is 5.32 Å². The maximum atomic E-state index is 14.5. The van der Waals surface area contributed by atoms with Gasteiger partial charge in [0, 0.05) is 18.2 Å². The minimum atomic E-state index is -0.0439. The van der Waals surface area contributed by atoms with Gasteiger partial charge in [-0.15, -0.1) is 0 Å². The Hall–Kier alpha value is -0.930. The van der Waals surface area contributed by atoms with Crippen LogP contribution >= 0.6 is 0 Å². The van der Waals surface area contributed by atoms with Gasteiger partial charge in [-0.1, -0.05) is 25.1 Å². The predicted molar refractivity (Wildman–Crippen MR) is 82.8 cm³/mol. The number of hydrogen-bond acceptors (Lipinski definition) is 2. The van der Waals surface area contributed by atoms with Gasteiger partial charge in [0.05, 0.1) is 5.60 Å². The average molecular weight is 291 g/mol. The summed E-state index contributed by atoms with van der Waals surface area (Å²) < 4.78 is 20.6. The molecule has 0 aromatic heterocycles. The van der Waals surface area contributed by atoms with Crippen LogP contribution in [0.3, 0.4) is 0 Å². The second-order valence-corrected chi connectivity index (χ2v) is 6.65. The highest BCUT2D eigenvalue weighted by molar-refractivity contribution is 5.28. The fourth-order valence-corrected chi connectivity index (χ4v) is 3.93. The largest absolute Gasteiger partial charge is 0.375 e. The smallest absolute Gasteiger partial charge is 0.130 e. The van der Waals surface area contributed by atoms with Gasteiger partial charge in [0.15, 0.2) is 0 Å². The third-order valence-corrected chi connectivity index (χ3v) is 5.25. The Morgan fingerprint density at radius 3 is 2.90 bits per heavy atom. The van der Waals surface area contributed by atoms with E-state index in [1.54, 1.807) is 0 Å². The lowest BCUT2D eigenvalue weighted by Crippen LogP contribution is -2.48. The Morgan fingerprint density at radius 2 is 2.24 bits per heavy atom. The van der Waals surface area contributed by atoms with Crippen molar-refractivity contribution in [1.29, 1.82) is 0 Å². The Bertz CT molecular complexity index is 498. The molecule has 0 bridgehead atoms. The molecule has 2 unspecified atom stereocenters. The quantitative estimate of drug-likeness (QED) is 0.900. The molecule has 3 rings (SSSR count). The molecule has 116 valence electrons. The predicted octanol–water partition coefficient (Wildman–Crippen LogP) is 4.13. The molecule has 1 spiro atoms. The van der Waals surface area contributed by atoms with Gasteiger partial charge in [0.25, 0.3) is 0 Å². The first-order chi connectivity index (χ1) is 10.2. The van der Waals surface area contributed by atoms with Crippen LogP contribution in [0, 0.1) is 18.7 Å². The molecule has 3 heteroatoms. The lowest BCUT2D eigenvalue weighted by Gasteiger charge is -2.49. The molecule has 1 aliphatic heterocycles. The summed E-state index contributed by atoms with van der Waals surface area (Å²) in [6, 6.07) is 5.87. The van der Waals surface area contributed by atoms with Gasteiger partial charge in [-0.3, -0.25) is 0 Å². The summed E-state index contributed by atoms with van der Waals surface area (Å²) in [5, 5.41) is 3.53. The van der Waals surface area contributed by atoms with Crippen molar-refractivity contribution in [2.45, 2.75) is 57.6 Å². The number of halogens is 1. The summed E-state index contributed by atoms with van der Waals surface area (Å²) in [5.74, 6) is 0.424. The minimum absolute atomic E-state index is 0.0439. The molecule has 1 saturated heterocycles. The fourth-order valence-electron chi connectivity index (χ4n) is 3.93. The van der Waals surface area contributed by atoms with E-state index in [9.17, 15) is 4.39 Å². The van der Waals surface area contributed by atoms with Crippen molar-refractivity contribution in [2.75, 3.05) is 13.2 Å². The van der Waals surface area contributed by atoms with Gasteiger partial charge in [-0.05, 0) is 57.1 Å². The van der Waals surface area contributed by atoms with E-state index < -0.39 is 0 Å². The highest BCUT2D eigenvalue weighted by Gasteiger charge is 2.44. The second-order valence-electron chi connectivity index (χ2n) is 6.65. The number of rotatable bonds is 4. The van der Waals surface area contributed by atoms with Crippen LogP contribution in [0.1, 0.15) is 56.2 Å². The van der Waals surface area contributed by atoms with E-state index in [-0.39, 0.29) is 17.5 Å². The zero-order valence-corrected chi connectivity index (χ0v) is 13.1. The summed E-state index contributed by atoms with van der Waals surface area (Å²) in [5.41, 5.74) is 1.68. The summed E-state index contributed by atoms with van der Waals surface area (Å²) >= 11 is 0. The Labute approximate surface area is 127 Å². The number of hydrogen-bond donors (Lipinski definition) is 1. The first-order valence-electron chi connectivity index (χ1n) is 8.27. The number of nitrogens with one attached hydrogen (secondary N) is 1. The number of aryl methyl sites for hydroxylation is 1. The van der Waals surface area contributed by atoms with E-state index in [2.05, 4.69) is 12.2 Å². The van der Waals surface area contributed by atoms with Gasteiger partial charge in [0.2, 0.25) is 0 Å². The molecule has 2 fully saturated rings. The number of ether oxygens (including phenoxy) is 1. The van der Waals surface area contributed by atoms with Crippen LogP contribution in [0.4, 0.5) is 4.39 Å². The Balaban J connectivity index is 1.85. The van der Waals surface area contributed by atoms with Crippen LogP contribution in [-0.2, 0) is 4.74 Å². The molecule has 21 heavy (non-hydrogen) atoms. The molecule has 1 aliphatic carbocycles. The summed E-state index contributed by atoms with van der Waals surface area (Å²) in [6.07, 6.45) is 5.72. The van der Waals surface area contributed by atoms with Gasteiger partial charge < -0.3 is 10.1 Å². The molecule has 2 nitrogen and oxygen atoms in total. The van der Waals surface area contributed by atoms with Crippen molar-refractivity contribution >= 4 is 0 Å². The van der Waals surface area contributed by atoms with Gasteiger partial charge in [0.1, 0.15) is 5.82 Å². The monoisotopic (exact) mass is 291 g/mol. The zero-order chi connectivity index (χ0) is 14.9. The second kappa shape index (κ2) is 6.05. The van der Waals surface area contributed by atoms with E-state index in [1.165, 1.54) is 19.3 Å². The van der Waals surface area contributed by atoms with Gasteiger partial charge in [-0.2, -0.15) is 0 Å². The lowest BCUT2D eigenvalue weighted by molar-refractivity contribution is -0.147. The van der Waals surface area contributed by atoms with E-state index in [1.807, 2.05) is 25.1 Å². The molecule has 1 aromatic carbocycles. The van der Waals surface area contributed by atoms with Crippen molar-refractivity contribution in [3.05, 3.63) is 35.1 Å². The van der Waals surface area contributed by atoms with E-state index in [0.717, 1.165) is 37.1 Å². The van der Waals surface area contributed by atoms with Crippen LogP contribution < -0.4 is 5.32 Å². The highest BCUT2D eigenvalue weighted by atomic mass is 19.1. The molecule has 0 amide bonds. The maximum Gasteiger partial charge on any atom is 0.130 e. The SMILES string of the molecule is CCNC(c1cccc(C)c1F)C1CCOC2(CCC2)C1. The van der Waals surface area contributed by atoms with Crippen molar-refractivity contribution in [2.24, 2.45) is 5.92 Å². The third kappa shape index (κ3) is 2.86. The van der Waals surface area contributed by atoms with Gasteiger partial charge in [-0.25, -0.2) is 4.39 Å². The number of benzene rings is 1. The Morgan fingerprint density at radius 1 is 1.43 bits per heavy atom. The molecule has 1 N–H and O–H groups in total. The Kier molecular flexibility index (Phi) is 4.32. The first-order valence-corrected chi connectivity index (χ1v) is 8.27. The third-order valence-electron chi connectivity index (χ3n) is 5.25. The van der Waals surface area contributed by atoms with Gasteiger partial charge >= 0.3 is 0 Å². The summed E-state index contributed by atoms with van der Waals surface area (Å²) in [6.45, 7) is 5.63. The molecule has 2 aliphatic rings. The van der Waals surface area contributed by atoms with Crippen LogP contribution in [0.25, 0.3) is 0 Å². The lowest BCUT2D eigenvalue weighted by atomic mass is 9.69. The van der Waals surface area contributed by atoms with Crippen LogP contribution in [-0.4, -0.2) is 18.8 Å². The molecular formula is C18H26FNO. The molecule has 1 heterocycles. The van der Waals surface area contributed by atoms with Crippen molar-refractivity contribution in [3.8, 4) is 0 Å². The maximum absolute atomic E-state index is 14.5. The molecule has 1 saturated carbocycles. The topological polar surface area (TPSA) is 21.3 Å². The molecular weight excluding hydrogens is 265 g/mol. The highest BCUT2D eigenvalue weighted by Crippen LogP contribution is 2.47. The van der Waals surface area contributed by atoms with Crippen molar-refractivity contribution < 1.29 is 9.13 Å². The standard InChI is InChI=1S/C18H26FNO/c1-3-20-17(15-7-4-6-13(2)16(15)19)14-8-11-21-18(12-14)9-5-10-18/h4,6-7,14,17,20H,3,5,8-12H2,1-2H3. The van der Waals surface area contributed by atoms with Crippen LogP contribution in [0.5, 0.6) is 0 Å². The van der Waals surface area contributed by atoms with E-state index in [4.69, 9.17) is 4.74 Å². The minimum Gasteiger partial charge on any atom is -0.375 e. The fraction of sp³-hybridized carbons (Fsp3) is 0.667. The van der Waals surface area contributed by atoms with Crippen LogP contribution in [0.2, 0.25) is 0 Å². The van der Waals surface area contributed by atoms with Crippen molar-refractivity contribution in [3.63, 3.8) is 0 Å². The van der Waals surface area contributed by atoms with E-state index >= 15 is 0 Å². The van der Waals surface area contributed by atoms with Crippen LogP contribution in [0.15, 0.2) is 18.2 Å². The molecule has 2 atom stereocenters. The molecule has 0 radical (unpaired) electrons. The first kappa shape index (κ1) is 15.0. The average Bonchev–Trinajstić information content (AvgIpc) is 2.47. The molecule has 1 aromatic rings. The summed E-state index contributed by atoms with van der Waals surface area (Å²) in [4.78, 5) is 0. The summed E-state index contributed by atoms with van der Waals surface area (Å²) in [7, 11) is 0.